The summed E-state index contributed by atoms with van der Waals surface area (Å²) >= 11 is 0. The van der Waals surface area contributed by atoms with E-state index in [9.17, 15) is 18.9 Å². The maximum absolute atomic E-state index is 14.1. The molecule has 0 aliphatic rings. The summed E-state index contributed by atoms with van der Waals surface area (Å²) in [5, 5.41) is 23.4. The lowest BCUT2D eigenvalue weighted by Gasteiger charge is -2.29. The van der Waals surface area contributed by atoms with Crippen LogP contribution in [0.4, 0.5) is 10.1 Å². The molecule has 0 spiro atoms. The van der Waals surface area contributed by atoms with Gasteiger partial charge in [-0.15, -0.1) is 5.10 Å². The maximum atomic E-state index is 14.1. The Morgan fingerprint density at radius 1 is 1.02 bits per heavy atom. The van der Waals surface area contributed by atoms with E-state index in [0.717, 1.165) is 5.56 Å². The quantitative estimate of drug-likeness (QED) is 0.145. The van der Waals surface area contributed by atoms with Crippen molar-refractivity contribution >= 4 is 24.2 Å². The molecule has 3 aromatic carbocycles. The molecule has 5 rings (SSSR count). The van der Waals surface area contributed by atoms with Crippen LogP contribution in [0.25, 0.3) is 10.9 Å². The highest BCUT2D eigenvalue weighted by atomic mass is 31.2. The van der Waals surface area contributed by atoms with Crippen LogP contribution in [-0.2, 0) is 26.7 Å². The van der Waals surface area contributed by atoms with E-state index in [1.54, 1.807) is 68.0 Å². The first-order valence-corrected chi connectivity index (χ1v) is 16.1. The largest absolute Gasteiger partial charge is 0.508 e. The van der Waals surface area contributed by atoms with Gasteiger partial charge in [0.2, 0.25) is 0 Å². The molecule has 11 nitrogen and oxygen atoms in total. The molecule has 0 fully saturated rings. The molecule has 2 heterocycles. The highest BCUT2D eigenvalue weighted by Gasteiger charge is 2.39. The van der Waals surface area contributed by atoms with Crippen LogP contribution in [0.5, 0.6) is 11.5 Å². The normalized spacial score (nSPS) is 12.4. The average Bonchev–Trinajstić information content (AvgIpc) is 3.46. The standard InChI is InChI=1S/C32H35FN5O6P/c1-5-43-45(41,44-6-2)32(34-27-9-7-8-10-30(27)42-4)26-16-22(11-14-29(26)39)18-37-19-24(35-36-37)20-38-28-13-12-23(33)17-25(28)21(3)15-31(38)40/h7-17,19,32,34,39H,5-6,18,20H2,1-4H3. The number of phenols is 1. The molecule has 236 valence electrons. The van der Waals surface area contributed by atoms with Gasteiger partial charge in [0.15, 0.2) is 5.78 Å². The molecule has 1 unspecified atom stereocenters. The van der Waals surface area contributed by atoms with Crippen molar-refractivity contribution in [2.45, 2.75) is 39.6 Å². The lowest BCUT2D eigenvalue weighted by Crippen LogP contribution is -2.21. The van der Waals surface area contributed by atoms with Crippen molar-refractivity contribution in [2.24, 2.45) is 0 Å². The Hall–Kier alpha value is -4.51. The number of aromatic hydroxyl groups is 1. The van der Waals surface area contributed by atoms with Gasteiger partial charge in [-0.2, -0.15) is 0 Å². The number of benzene rings is 3. The number of halogens is 1. The van der Waals surface area contributed by atoms with Crippen molar-refractivity contribution in [3.05, 3.63) is 111 Å². The Morgan fingerprint density at radius 2 is 1.78 bits per heavy atom. The summed E-state index contributed by atoms with van der Waals surface area (Å²) < 4.78 is 48.1. The molecule has 0 radical (unpaired) electrons. The fourth-order valence-corrected chi connectivity index (χ4v) is 7.16. The zero-order chi connectivity index (χ0) is 32.1. The SMILES string of the molecule is CCOP(=O)(OCC)C(Nc1ccccc1OC)c1cc(Cn2cc(Cn3c(=O)cc(C)c4cc(F)ccc43)nn2)ccc1O. The lowest BCUT2D eigenvalue weighted by atomic mass is 10.1. The van der Waals surface area contributed by atoms with E-state index in [-0.39, 0.29) is 43.4 Å². The van der Waals surface area contributed by atoms with Gasteiger partial charge in [-0.1, -0.05) is 23.4 Å². The zero-order valence-electron chi connectivity index (χ0n) is 25.4. The molecule has 2 aromatic heterocycles. The van der Waals surface area contributed by atoms with Crippen LogP contribution in [0.1, 0.15) is 42.0 Å². The number of nitrogens with one attached hydrogen (secondary N) is 1. The van der Waals surface area contributed by atoms with Crippen molar-refractivity contribution < 1.29 is 27.8 Å². The molecular formula is C32H35FN5O6P. The maximum Gasteiger partial charge on any atom is 0.357 e. The summed E-state index contributed by atoms with van der Waals surface area (Å²) in [5.74, 6) is -1.05. The number of pyridine rings is 1. The average molecular weight is 636 g/mol. The predicted molar refractivity (Wildman–Crippen MR) is 169 cm³/mol. The first-order valence-electron chi connectivity index (χ1n) is 14.4. The molecule has 0 aliphatic carbocycles. The van der Waals surface area contributed by atoms with Crippen LogP contribution >= 0.6 is 7.60 Å². The second kappa shape index (κ2) is 13.6. The monoisotopic (exact) mass is 635 g/mol. The van der Waals surface area contributed by atoms with Crippen LogP contribution in [0, 0.1) is 12.7 Å². The molecule has 0 amide bonds. The van der Waals surface area contributed by atoms with Gasteiger partial charge in [0.25, 0.3) is 5.56 Å². The summed E-state index contributed by atoms with van der Waals surface area (Å²) in [5.41, 5.74) is 3.14. The number of methoxy groups -OCH3 is 1. The Bertz CT molecular complexity index is 1920. The van der Waals surface area contributed by atoms with E-state index in [1.165, 1.54) is 35.9 Å². The number of rotatable bonds is 13. The first-order chi connectivity index (χ1) is 21.6. The van der Waals surface area contributed by atoms with Crippen LogP contribution in [0.2, 0.25) is 0 Å². The molecule has 0 bridgehead atoms. The summed E-state index contributed by atoms with van der Waals surface area (Å²) in [6, 6.07) is 17.9. The molecule has 1 atom stereocenters. The number of phenolic OH excluding ortho intramolecular Hbond substituents is 1. The number of fused-ring (bicyclic) bond motifs is 1. The van der Waals surface area contributed by atoms with Crippen molar-refractivity contribution in [3.63, 3.8) is 0 Å². The van der Waals surface area contributed by atoms with Crippen LogP contribution in [-0.4, -0.2) is 45.0 Å². The third kappa shape index (κ3) is 6.93. The number of nitrogens with zero attached hydrogens (tertiary/aromatic N) is 4. The Kier molecular flexibility index (Phi) is 9.67. The van der Waals surface area contributed by atoms with Gasteiger partial charge in [-0.25, -0.2) is 9.07 Å². The fourth-order valence-electron chi connectivity index (χ4n) is 5.23. The topological polar surface area (TPSA) is 130 Å². The van der Waals surface area contributed by atoms with Crippen LogP contribution < -0.4 is 15.6 Å². The van der Waals surface area contributed by atoms with Crippen LogP contribution in [0.3, 0.4) is 0 Å². The van der Waals surface area contributed by atoms with Crippen molar-refractivity contribution in [2.75, 3.05) is 25.6 Å². The molecular weight excluding hydrogens is 600 g/mol. The minimum Gasteiger partial charge on any atom is -0.508 e. The number of aryl methyl sites for hydroxylation is 1. The van der Waals surface area contributed by atoms with E-state index >= 15 is 0 Å². The number of ether oxygens (including phenoxy) is 1. The molecule has 0 saturated heterocycles. The Morgan fingerprint density at radius 3 is 2.51 bits per heavy atom. The van der Waals surface area contributed by atoms with Crippen molar-refractivity contribution in [3.8, 4) is 11.5 Å². The van der Waals surface area contributed by atoms with Crippen molar-refractivity contribution in [1.29, 1.82) is 0 Å². The van der Waals surface area contributed by atoms with Gasteiger partial charge in [0.05, 0.1) is 50.8 Å². The molecule has 13 heteroatoms. The summed E-state index contributed by atoms with van der Waals surface area (Å²) in [6.45, 7) is 5.85. The number of hydrogen-bond acceptors (Lipinski definition) is 9. The number of hydrogen-bond donors (Lipinski definition) is 2. The second-order valence-electron chi connectivity index (χ2n) is 10.3. The van der Waals surface area contributed by atoms with Crippen LogP contribution in [0.15, 0.2) is 77.7 Å². The minimum absolute atomic E-state index is 0.105. The molecule has 45 heavy (non-hydrogen) atoms. The molecule has 0 aliphatic heterocycles. The van der Waals surface area contributed by atoms with Gasteiger partial charge >= 0.3 is 7.60 Å². The highest BCUT2D eigenvalue weighted by molar-refractivity contribution is 7.54. The predicted octanol–water partition coefficient (Wildman–Crippen LogP) is 6.23. The summed E-state index contributed by atoms with van der Waals surface area (Å²) in [6.07, 6.45) is 1.71. The van der Waals surface area contributed by atoms with Gasteiger partial charge in [0, 0.05) is 17.0 Å². The van der Waals surface area contributed by atoms with E-state index in [4.69, 9.17) is 13.8 Å². The Balaban J connectivity index is 1.46. The molecule has 5 aromatic rings. The van der Waals surface area contributed by atoms with Gasteiger partial charge in [-0.05, 0) is 74.4 Å². The third-order valence-electron chi connectivity index (χ3n) is 7.25. The smallest absolute Gasteiger partial charge is 0.357 e. The van der Waals surface area contributed by atoms with E-state index in [1.807, 2.05) is 6.07 Å². The highest BCUT2D eigenvalue weighted by Crippen LogP contribution is 2.62. The van der Waals surface area contributed by atoms with E-state index in [2.05, 4.69) is 15.6 Å². The lowest BCUT2D eigenvalue weighted by molar-refractivity contribution is 0.213. The molecule has 0 saturated carbocycles. The Labute approximate surface area is 259 Å². The van der Waals surface area contributed by atoms with E-state index < -0.39 is 13.4 Å². The molecule has 2 N–H and O–H groups in total. The van der Waals surface area contributed by atoms with Gasteiger partial charge in [0.1, 0.15) is 23.0 Å². The summed E-state index contributed by atoms with van der Waals surface area (Å²) in [4.78, 5) is 12.9. The van der Waals surface area contributed by atoms with E-state index in [0.29, 0.717) is 39.2 Å². The number of aromatic nitrogens is 4. The first kappa shape index (κ1) is 31.9. The summed E-state index contributed by atoms with van der Waals surface area (Å²) in [7, 11) is -2.33. The second-order valence-corrected chi connectivity index (χ2v) is 12.4. The third-order valence-corrected chi connectivity index (χ3v) is 9.53. The number of para-hydroxylation sites is 2. The fraction of sp³-hybridized carbons (Fsp3) is 0.281. The van der Waals surface area contributed by atoms with Gasteiger partial charge in [-0.3, -0.25) is 9.36 Å². The minimum atomic E-state index is -3.86. The number of anilines is 1. The van der Waals surface area contributed by atoms with Gasteiger partial charge < -0.3 is 28.8 Å². The van der Waals surface area contributed by atoms with Crippen molar-refractivity contribution in [1.82, 2.24) is 19.6 Å². The zero-order valence-corrected chi connectivity index (χ0v) is 26.3.